The van der Waals surface area contributed by atoms with Gasteiger partial charge in [-0.25, -0.2) is 0 Å². The summed E-state index contributed by atoms with van der Waals surface area (Å²) in [4.78, 5) is 0. The number of nitrogens with zero attached hydrogens (tertiary/aromatic N) is 5. The number of aromatic nitrogens is 3. The third-order valence-corrected chi connectivity index (χ3v) is 11.1. The normalized spacial score (nSPS) is 11.6. The molecular formula is C50H29N5. The highest BCUT2D eigenvalue weighted by molar-refractivity contribution is 6.12. The van der Waals surface area contributed by atoms with Crippen molar-refractivity contribution in [2.45, 2.75) is 0 Å². The topological polar surface area (TPSA) is 62.4 Å². The maximum atomic E-state index is 10.7. The first-order chi connectivity index (χ1) is 27.2. The highest BCUT2D eigenvalue weighted by Gasteiger charge is 2.18. The van der Waals surface area contributed by atoms with Crippen molar-refractivity contribution in [1.82, 2.24) is 13.7 Å². The number of benzene rings is 8. The first kappa shape index (κ1) is 30.7. The van der Waals surface area contributed by atoms with E-state index >= 15 is 0 Å². The second-order valence-corrected chi connectivity index (χ2v) is 14.0. The number of fused-ring (bicyclic) bond motifs is 9. The summed E-state index contributed by atoms with van der Waals surface area (Å²) in [6.45, 7) is 0. The van der Waals surface area contributed by atoms with Gasteiger partial charge in [-0.05, 0) is 90.0 Å². The van der Waals surface area contributed by atoms with Crippen LogP contribution in [0, 0.1) is 22.7 Å². The lowest BCUT2D eigenvalue weighted by molar-refractivity contribution is 1.15. The van der Waals surface area contributed by atoms with Gasteiger partial charge in [0.05, 0.1) is 56.4 Å². The van der Waals surface area contributed by atoms with Crippen molar-refractivity contribution in [3.8, 4) is 40.3 Å². The van der Waals surface area contributed by atoms with Crippen LogP contribution in [0.4, 0.5) is 0 Å². The maximum Gasteiger partial charge on any atom is 0.0998 e. The van der Waals surface area contributed by atoms with Crippen LogP contribution in [0.2, 0.25) is 0 Å². The lowest BCUT2D eigenvalue weighted by Gasteiger charge is -2.14. The summed E-state index contributed by atoms with van der Waals surface area (Å²) in [5.41, 5.74) is 12.6. The molecule has 0 bridgehead atoms. The molecule has 0 aliphatic heterocycles. The zero-order valence-corrected chi connectivity index (χ0v) is 29.5. The second-order valence-electron chi connectivity index (χ2n) is 14.0. The third-order valence-electron chi connectivity index (χ3n) is 11.1. The molecule has 0 saturated heterocycles. The van der Waals surface area contributed by atoms with Gasteiger partial charge in [0.2, 0.25) is 0 Å². The Bertz CT molecular complexity index is 3420. The number of hydrogen-bond acceptors (Lipinski definition) is 2. The van der Waals surface area contributed by atoms with Gasteiger partial charge in [0.15, 0.2) is 0 Å². The molecule has 5 nitrogen and oxygen atoms in total. The average Bonchev–Trinajstić information content (AvgIpc) is 3.88. The summed E-state index contributed by atoms with van der Waals surface area (Å²) in [6.07, 6.45) is 0. The minimum atomic E-state index is 0.597. The van der Waals surface area contributed by atoms with Gasteiger partial charge in [0, 0.05) is 49.4 Å². The second kappa shape index (κ2) is 11.8. The minimum absolute atomic E-state index is 0.597. The van der Waals surface area contributed by atoms with Crippen molar-refractivity contribution in [2.75, 3.05) is 0 Å². The summed E-state index contributed by atoms with van der Waals surface area (Å²) in [7, 11) is 0. The first-order valence-electron chi connectivity index (χ1n) is 18.3. The van der Waals surface area contributed by atoms with Gasteiger partial charge in [0.1, 0.15) is 0 Å². The Labute approximate surface area is 316 Å². The van der Waals surface area contributed by atoms with Gasteiger partial charge in [-0.3, -0.25) is 0 Å². The molecule has 0 unspecified atom stereocenters. The van der Waals surface area contributed by atoms with Crippen molar-refractivity contribution >= 4 is 65.4 Å². The Kier molecular flexibility index (Phi) is 6.61. The maximum absolute atomic E-state index is 10.7. The van der Waals surface area contributed by atoms with Crippen molar-refractivity contribution in [2.24, 2.45) is 0 Å². The van der Waals surface area contributed by atoms with Crippen molar-refractivity contribution < 1.29 is 0 Å². The van der Waals surface area contributed by atoms with Crippen LogP contribution in [0.15, 0.2) is 176 Å². The molecule has 0 saturated carbocycles. The first-order valence-corrected chi connectivity index (χ1v) is 18.3. The average molecular weight is 700 g/mol. The SMILES string of the molecule is N#Cc1ccc2c(c1)c1ccccc1n2-c1cccc(-c2ccc(-n3c4ccccc4c4ccc(-n5c6ccccc6c6ccccc65)cc43)cc2C#N)c1. The van der Waals surface area contributed by atoms with Crippen LogP contribution in [0.3, 0.4) is 0 Å². The van der Waals surface area contributed by atoms with E-state index in [0.717, 1.165) is 82.8 Å². The van der Waals surface area contributed by atoms with Crippen molar-refractivity contribution in [1.29, 1.82) is 10.5 Å². The molecule has 3 aromatic heterocycles. The molecule has 0 aliphatic carbocycles. The van der Waals surface area contributed by atoms with Gasteiger partial charge >= 0.3 is 0 Å². The van der Waals surface area contributed by atoms with E-state index in [1.165, 1.54) is 10.8 Å². The largest absolute Gasteiger partial charge is 0.309 e. The molecule has 0 fully saturated rings. The smallest absolute Gasteiger partial charge is 0.0998 e. The molecule has 0 amide bonds. The summed E-state index contributed by atoms with van der Waals surface area (Å²) in [6, 6.07) is 66.0. The highest BCUT2D eigenvalue weighted by Crippen LogP contribution is 2.39. The van der Waals surface area contributed by atoms with Crippen LogP contribution in [0.1, 0.15) is 11.1 Å². The Balaban J connectivity index is 1.08. The van der Waals surface area contributed by atoms with Gasteiger partial charge < -0.3 is 13.7 Å². The zero-order chi connectivity index (χ0) is 36.6. The Hall–Kier alpha value is -7.86. The predicted octanol–water partition coefficient (Wildman–Crippen LogP) is 12.4. The standard InChI is InChI=1S/C50H29N5/c51-30-32-20-25-49-44(26-32)42-15-4-8-19-48(42)53(49)35-11-9-10-33(27-35)38-23-21-36(28-34(38)31-52)55-47-18-7-3-14-41(47)43-24-22-37(29-50(43)55)54-45-16-5-1-12-39(45)40-13-2-6-17-46(40)54/h1-29H. The van der Waals surface area contributed by atoms with E-state index in [0.29, 0.717) is 11.1 Å². The van der Waals surface area contributed by atoms with Crippen LogP contribution >= 0.6 is 0 Å². The van der Waals surface area contributed by atoms with Crippen LogP contribution in [-0.2, 0) is 0 Å². The molecule has 0 radical (unpaired) electrons. The van der Waals surface area contributed by atoms with E-state index in [-0.39, 0.29) is 0 Å². The Morgan fingerprint density at radius 1 is 0.327 bits per heavy atom. The van der Waals surface area contributed by atoms with Crippen LogP contribution in [0.25, 0.3) is 93.6 Å². The molecule has 254 valence electrons. The lowest BCUT2D eigenvalue weighted by Crippen LogP contribution is -1.98. The lowest BCUT2D eigenvalue weighted by atomic mass is 9.99. The predicted molar refractivity (Wildman–Crippen MR) is 224 cm³/mol. The molecule has 0 aliphatic rings. The summed E-state index contributed by atoms with van der Waals surface area (Å²) in [5, 5.41) is 27.2. The van der Waals surface area contributed by atoms with E-state index in [1.54, 1.807) is 0 Å². The van der Waals surface area contributed by atoms with Crippen molar-refractivity contribution in [3.63, 3.8) is 0 Å². The molecular weight excluding hydrogens is 671 g/mol. The van der Waals surface area contributed by atoms with Crippen LogP contribution in [0.5, 0.6) is 0 Å². The van der Waals surface area contributed by atoms with E-state index < -0.39 is 0 Å². The number of nitriles is 2. The van der Waals surface area contributed by atoms with Crippen molar-refractivity contribution in [3.05, 3.63) is 187 Å². The van der Waals surface area contributed by atoms with E-state index in [1.807, 2.05) is 42.5 Å². The van der Waals surface area contributed by atoms with E-state index in [2.05, 4.69) is 159 Å². The quantitative estimate of drug-likeness (QED) is 0.184. The van der Waals surface area contributed by atoms with Crippen LogP contribution in [-0.4, -0.2) is 13.7 Å². The Morgan fingerprint density at radius 3 is 1.42 bits per heavy atom. The molecule has 8 aromatic carbocycles. The molecule has 0 spiro atoms. The third kappa shape index (κ3) is 4.51. The minimum Gasteiger partial charge on any atom is -0.309 e. The fourth-order valence-corrected chi connectivity index (χ4v) is 8.73. The molecule has 11 rings (SSSR count). The molecule has 5 heteroatoms. The summed E-state index contributed by atoms with van der Waals surface area (Å²) >= 11 is 0. The van der Waals surface area contributed by atoms with Gasteiger partial charge in [-0.15, -0.1) is 0 Å². The monoisotopic (exact) mass is 699 g/mol. The van der Waals surface area contributed by atoms with E-state index in [4.69, 9.17) is 0 Å². The molecule has 0 atom stereocenters. The van der Waals surface area contributed by atoms with Gasteiger partial charge in [0.25, 0.3) is 0 Å². The molecule has 0 N–H and O–H groups in total. The van der Waals surface area contributed by atoms with Crippen LogP contribution < -0.4 is 0 Å². The number of hydrogen-bond donors (Lipinski definition) is 0. The van der Waals surface area contributed by atoms with Gasteiger partial charge in [-0.2, -0.15) is 10.5 Å². The summed E-state index contributed by atoms with van der Waals surface area (Å²) < 4.78 is 6.88. The fourth-order valence-electron chi connectivity index (χ4n) is 8.73. The highest BCUT2D eigenvalue weighted by atomic mass is 15.0. The Morgan fingerprint density at radius 2 is 0.818 bits per heavy atom. The molecule has 3 heterocycles. The van der Waals surface area contributed by atoms with Gasteiger partial charge in [-0.1, -0.05) is 97.1 Å². The molecule has 11 aromatic rings. The number of para-hydroxylation sites is 4. The fraction of sp³-hybridized carbons (Fsp3) is 0. The molecule has 55 heavy (non-hydrogen) atoms. The zero-order valence-electron chi connectivity index (χ0n) is 29.5. The summed E-state index contributed by atoms with van der Waals surface area (Å²) in [5.74, 6) is 0. The van der Waals surface area contributed by atoms with E-state index in [9.17, 15) is 10.5 Å². The number of rotatable bonds is 4.